The van der Waals surface area contributed by atoms with Crippen LogP contribution in [0, 0.1) is 5.41 Å². The lowest BCUT2D eigenvalue weighted by Crippen LogP contribution is -2.42. The Labute approximate surface area is 177 Å². The molecule has 0 aliphatic heterocycles. The van der Waals surface area contributed by atoms with Gasteiger partial charge < -0.3 is 20.3 Å². The van der Waals surface area contributed by atoms with Gasteiger partial charge in [-0.25, -0.2) is 4.99 Å². The average molecular weight is 494 g/mol. The molecule has 0 spiro atoms. The van der Waals surface area contributed by atoms with Gasteiger partial charge in [-0.15, -0.1) is 35.3 Å². The van der Waals surface area contributed by atoms with Crippen LogP contribution in [0.1, 0.15) is 24.1 Å². The first kappa shape index (κ1) is 23.2. The van der Waals surface area contributed by atoms with Crippen LogP contribution in [-0.4, -0.2) is 64.2 Å². The van der Waals surface area contributed by atoms with Crippen LogP contribution >= 0.6 is 35.3 Å². The summed E-state index contributed by atoms with van der Waals surface area (Å²) in [7, 11) is 5.24. The van der Waals surface area contributed by atoms with Gasteiger partial charge in [-0.05, 0) is 42.5 Å². The molecule has 1 aromatic rings. The molecule has 1 aliphatic carbocycles. The quantitative estimate of drug-likeness (QED) is 0.298. The second kappa shape index (κ2) is 11.8. The van der Waals surface area contributed by atoms with Crippen LogP contribution in [0.5, 0.6) is 0 Å². The van der Waals surface area contributed by atoms with Crippen molar-refractivity contribution in [3.63, 3.8) is 0 Å². The molecule has 1 aliphatic rings. The third kappa shape index (κ3) is 8.22. The second-order valence-electron chi connectivity index (χ2n) is 6.81. The summed E-state index contributed by atoms with van der Waals surface area (Å²) in [5.41, 5.74) is 0.331. The first-order valence-corrected chi connectivity index (χ1v) is 9.66. The molecule has 6 nitrogen and oxygen atoms in total. The number of thiophene rings is 1. The van der Waals surface area contributed by atoms with Crippen molar-refractivity contribution in [2.45, 2.75) is 25.7 Å². The Kier molecular flexibility index (Phi) is 10.5. The largest absolute Gasteiger partial charge is 0.385 e. The van der Waals surface area contributed by atoms with Crippen molar-refractivity contribution in [2.75, 3.05) is 47.4 Å². The highest BCUT2D eigenvalue weighted by Crippen LogP contribution is 2.48. The monoisotopic (exact) mass is 494 g/mol. The lowest BCUT2D eigenvalue weighted by Gasteiger charge is -2.19. The number of nitrogens with one attached hydrogen (secondary N) is 2. The molecule has 1 aromatic heterocycles. The Morgan fingerprint density at radius 3 is 2.73 bits per heavy atom. The van der Waals surface area contributed by atoms with Gasteiger partial charge in [0.25, 0.3) is 0 Å². The number of aliphatic imine (C=N–C) groups is 1. The molecule has 2 N–H and O–H groups in total. The zero-order valence-electron chi connectivity index (χ0n) is 15.9. The number of nitrogens with zero attached hydrogens (tertiary/aromatic N) is 2. The minimum atomic E-state index is -0.000116. The Morgan fingerprint density at radius 2 is 2.15 bits per heavy atom. The maximum atomic E-state index is 11.8. The van der Waals surface area contributed by atoms with Gasteiger partial charge in [-0.3, -0.25) is 4.79 Å². The fraction of sp³-hybridized carbons (Fsp3) is 0.667. The third-order valence-corrected chi connectivity index (χ3v) is 5.48. The van der Waals surface area contributed by atoms with Crippen molar-refractivity contribution >= 4 is 47.2 Å². The zero-order valence-corrected chi connectivity index (χ0v) is 19.1. The lowest BCUT2D eigenvalue weighted by atomic mass is 10.0. The van der Waals surface area contributed by atoms with E-state index in [0.29, 0.717) is 5.41 Å². The van der Waals surface area contributed by atoms with Gasteiger partial charge in [0, 0.05) is 45.8 Å². The second-order valence-corrected chi connectivity index (χ2v) is 7.84. The van der Waals surface area contributed by atoms with Crippen LogP contribution in [0.2, 0.25) is 0 Å². The van der Waals surface area contributed by atoms with Crippen molar-refractivity contribution in [1.82, 2.24) is 15.5 Å². The molecule has 0 radical (unpaired) electrons. The zero-order chi connectivity index (χ0) is 18.1. The van der Waals surface area contributed by atoms with E-state index in [4.69, 9.17) is 4.74 Å². The summed E-state index contributed by atoms with van der Waals surface area (Å²) >= 11 is 1.76. The van der Waals surface area contributed by atoms with E-state index in [0.717, 1.165) is 38.5 Å². The molecular weight excluding hydrogens is 463 g/mol. The molecule has 1 fully saturated rings. The van der Waals surface area contributed by atoms with E-state index in [1.807, 2.05) is 0 Å². The summed E-state index contributed by atoms with van der Waals surface area (Å²) in [5.74, 6) is 0.718. The maximum absolute atomic E-state index is 11.8. The Bertz CT molecular complexity index is 560. The molecular formula is C18H31IN4O2S. The number of carbonyl (C=O) groups is 1. The molecule has 0 bridgehead atoms. The molecule has 0 saturated heterocycles. The van der Waals surface area contributed by atoms with Crippen molar-refractivity contribution in [1.29, 1.82) is 0 Å². The van der Waals surface area contributed by atoms with Crippen LogP contribution < -0.4 is 10.6 Å². The summed E-state index contributed by atoms with van der Waals surface area (Å²) in [6.45, 7) is 2.62. The van der Waals surface area contributed by atoms with Crippen molar-refractivity contribution in [3.05, 3.63) is 22.4 Å². The smallest absolute Gasteiger partial charge is 0.243 e. The number of amides is 1. The number of hydrogen-bond donors (Lipinski definition) is 2. The molecule has 1 saturated carbocycles. The fourth-order valence-electron chi connectivity index (χ4n) is 2.50. The van der Waals surface area contributed by atoms with E-state index in [1.165, 1.54) is 17.7 Å². The van der Waals surface area contributed by atoms with E-state index in [9.17, 15) is 4.79 Å². The Hall–Kier alpha value is -0.870. The van der Waals surface area contributed by atoms with Crippen LogP contribution in [0.15, 0.2) is 22.5 Å². The average Bonchev–Trinajstić information content (AvgIpc) is 3.18. The molecule has 2 rings (SSSR count). The van der Waals surface area contributed by atoms with Gasteiger partial charge in [0.15, 0.2) is 5.96 Å². The normalized spacial score (nSPS) is 15.1. The standard InChI is InChI=1S/C18H30N4O2S.HI/c1-22(2)16(23)13-20-17(19-10-6-15-5-4-12-25-15)21-14-18(7-8-18)9-11-24-3;/h4-5,12H,6-11,13-14H2,1-3H3,(H2,19,20,21);1H. The molecule has 1 amide bonds. The minimum absolute atomic E-state index is 0. The number of methoxy groups -OCH3 is 1. The van der Waals surface area contributed by atoms with Crippen LogP contribution in [0.3, 0.4) is 0 Å². The van der Waals surface area contributed by atoms with Crippen molar-refractivity contribution in [3.8, 4) is 0 Å². The van der Waals surface area contributed by atoms with E-state index in [2.05, 4.69) is 33.1 Å². The van der Waals surface area contributed by atoms with Gasteiger partial charge in [0.05, 0.1) is 0 Å². The first-order chi connectivity index (χ1) is 12.0. The Morgan fingerprint density at radius 1 is 1.38 bits per heavy atom. The predicted octanol–water partition coefficient (Wildman–Crippen LogP) is 2.35. The summed E-state index contributed by atoms with van der Waals surface area (Å²) in [4.78, 5) is 19.2. The molecule has 0 unspecified atom stereocenters. The van der Waals surface area contributed by atoms with Crippen molar-refractivity contribution in [2.24, 2.45) is 10.4 Å². The molecule has 8 heteroatoms. The number of ether oxygens (including phenoxy) is 1. The lowest BCUT2D eigenvalue weighted by molar-refractivity contribution is -0.127. The maximum Gasteiger partial charge on any atom is 0.243 e. The number of rotatable bonds is 10. The predicted molar refractivity (Wildman–Crippen MR) is 119 cm³/mol. The summed E-state index contributed by atoms with van der Waals surface area (Å²) < 4.78 is 5.21. The molecule has 26 heavy (non-hydrogen) atoms. The highest BCUT2D eigenvalue weighted by molar-refractivity contribution is 14.0. The van der Waals surface area contributed by atoms with Gasteiger partial charge >= 0.3 is 0 Å². The van der Waals surface area contributed by atoms with Crippen LogP contribution in [0.25, 0.3) is 0 Å². The number of likely N-dealkylation sites (N-methyl/N-ethyl adjacent to an activating group) is 1. The molecule has 0 aromatic carbocycles. The molecule has 1 heterocycles. The minimum Gasteiger partial charge on any atom is -0.385 e. The van der Waals surface area contributed by atoms with Crippen LogP contribution in [0.4, 0.5) is 0 Å². The number of hydrogen-bond acceptors (Lipinski definition) is 4. The number of guanidine groups is 1. The molecule has 0 atom stereocenters. The van der Waals surface area contributed by atoms with E-state index < -0.39 is 0 Å². The van der Waals surface area contributed by atoms with E-state index in [-0.39, 0.29) is 36.4 Å². The van der Waals surface area contributed by atoms with E-state index >= 15 is 0 Å². The van der Waals surface area contributed by atoms with Crippen LogP contribution in [-0.2, 0) is 16.0 Å². The first-order valence-electron chi connectivity index (χ1n) is 8.78. The number of carbonyl (C=O) groups excluding carboxylic acids is 1. The summed E-state index contributed by atoms with van der Waals surface area (Å²) in [6, 6.07) is 4.20. The fourth-order valence-corrected chi connectivity index (χ4v) is 3.21. The van der Waals surface area contributed by atoms with Crippen molar-refractivity contribution < 1.29 is 9.53 Å². The van der Waals surface area contributed by atoms with Gasteiger partial charge in [0.1, 0.15) is 6.54 Å². The van der Waals surface area contributed by atoms with E-state index in [1.54, 1.807) is 37.4 Å². The number of halogens is 1. The van der Waals surface area contributed by atoms with Gasteiger partial charge in [0.2, 0.25) is 5.91 Å². The van der Waals surface area contributed by atoms with Gasteiger partial charge in [-0.1, -0.05) is 6.07 Å². The third-order valence-electron chi connectivity index (χ3n) is 4.54. The Balaban J connectivity index is 0.00000338. The summed E-state index contributed by atoms with van der Waals surface area (Å²) in [6.07, 6.45) is 4.47. The SMILES string of the molecule is COCCC1(CNC(=NCC(=O)N(C)C)NCCc2cccs2)CC1.I. The summed E-state index contributed by atoms with van der Waals surface area (Å²) in [5, 5.41) is 8.86. The van der Waals surface area contributed by atoms with Gasteiger partial charge in [-0.2, -0.15) is 0 Å². The molecule has 148 valence electrons. The topological polar surface area (TPSA) is 66.0 Å². The highest BCUT2D eigenvalue weighted by Gasteiger charge is 2.41. The highest BCUT2D eigenvalue weighted by atomic mass is 127.